The number of methoxy groups -OCH3 is 1. The van der Waals surface area contributed by atoms with Crippen LogP contribution >= 0.6 is 50.5 Å². The molecule has 0 spiro atoms. The highest BCUT2D eigenvalue weighted by atomic mass is 79.9. The van der Waals surface area contributed by atoms with Crippen molar-refractivity contribution in [2.75, 3.05) is 13.7 Å². The highest BCUT2D eigenvalue weighted by Crippen LogP contribution is 2.32. The Morgan fingerprint density at radius 2 is 1.88 bits per heavy atom. The van der Waals surface area contributed by atoms with Crippen LogP contribution in [0.2, 0.25) is 10.0 Å². The number of thiazole rings is 1. The van der Waals surface area contributed by atoms with Crippen molar-refractivity contribution in [2.45, 2.75) is 26.5 Å². The molecule has 1 aliphatic rings. The van der Waals surface area contributed by atoms with E-state index in [1.807, 2.05) is 36.4 Å². The van der Waals surface area contributed by atoms with Crippen LogP contribution in [0.15, 0.2) is 86.2 Å². The summed E-state index contributed by atoms with van der Waals surface area (Å²) < 4.78 is 19.4. The first kappa shape index (κ1) is 30.1. The first-order valence-electron chi connectivity index (χ1n) is 12.9. The Kier molecular flexibility index (Phi) is 9.22. The maximum absolute atomic E-state index is 13.8. The van der Waals surface area contributed by atoms with Crippen LogP contribution in [-0.4, -0.2) is 24.3 Å². The molecule has 3 aromatic carbocycles. The smallest absolute Gasteiger partial charge is 0.338 e. The molecule has 0 unspecified atom stereocenters. The molecule has 0 saturated heterocycles. The topological polar surface area (TPSA) is 79.1 Å². The van der Waals surface area contributed by atoms with Gasteiger partial charge in [-0.05, 0) is 83.4 Å². The number of carbonyl (C=O) groups excluding carboxylic acids is 1. The van der Waals surface area contributed by atoms with Gasteiger partial charge in [-0.2, -0.15) is 0 Å². The van der Waals surface area contributed by atoms with Gasteiger partial charge in [-0.1, -0.05) is 58.8 Å². The van der Waals surface area contributed by atoms with Crippen LogP contribution in [0.25, 0.3) is 6.08 Å². The van der Waals surface area contributed by atoms with Crippen molar-refractivity contribution in [3.05, 3.63) is 123 Å². The number of hydrogen-bond acceptors (Lipinski definition) is 7. The normalized spacial score (nSPS) is 14.8. The Morgan fingerprint density at radius 1 is 1.12 bits per heavy atom. The van der Waals surface area contributed by atoms with E-state index in [9.17, 15) is 9.59 Å². The largest absolute Gasteiger partial charge is 0.497 e. The van der Waals surface area contributed by atoms with E-state index in [1.165, 1.54) is 11.3 Å². The average Bonchev–Trinajstić information content (AvgIpc) is 3.26. The highest BCUT2D eigenvalue weighted by molar-refractivity contribution is 9.10. The van der Waals surface area contributed by atoms with Gasteiger partial charge in [0.2, 0.25) is 0 Å². The van der Waals surface area contributed by atoms with Crippen molar-refractivity contribution < 1.29 is 19.0 Å². The van der Waals surface area contributed by atoms with Crippen molar-refractivity contribution in [3.8, 4) is 11.5 Å². The van der Waals surface area contributed by atoms with Crippen molar-refractivity contribution in [1.82, 2.24) is 4.57 Å². The third kappa shape index (κ3) is 6.20. The zero-order chi connectivity index (χ0) is 30.0. The molecule has 0 N–H and O–H groups in total. The van der Waals surface area contributed by atoms with Crippen LogP contribution in [0.5, 0.6) is 11.5 Å². The van der Waals surface area contributed by atoms with E-state index in [0.717, 1.165) is 16.7 Å². The monoisotopic (exact) mass is 686 g/mol. The molecule has 4 aromatic rings. The molecule has 11 heteroatoms. The number of esters is 1. The number of halogens is 3. The zero-order valence-electron chi connectivity index (χ0n) is 22.8. The Hall–Kier alpha value is -3.37. The van der Waals surface area contributed by atoms with Gasteiger partial charge in [-0.25, -0.2) is 9.79 Å². The van der Waals surface area contributed by atoms with Gasteiger partial charge in [0.25, 0.3) is 5.56 Å². The fraction of sp³-hybridized carbons (Fsp3) is 0.194. The SMILES string of the molecule is CCOC(=O)C1=C(C)N=c2s/c(=C/c3ccc(OCc4ccc(Cl)cc4Cl)c(Br)c3)c(=O)n2[C@H]1c1ccc(OC)cc1. The van der Waals surface area contributed by atoms with E-state index in [0.29, 0.717) is 46.6 Å². The summed E-state index contributed by atoms with van der Waals surface area (Å²) in [6.07, 6.45) is 1.79. The number of hydrogen-bond donors (Lipinski definition) is 0. The maximum atomic E-state index is 13.8. The van der Waals surface area contributed by atoms with Crippen LogP contribution in [0.4, 0.5) is 0 Å². The minimum absolute atomic E-state index is 0.205. The van der Waals surface area contributed by atoms with Gasteiger partial charge in [0, 0.05) is 15.6 Å². The molecule has 0 aliphatic carbocycles. The van der Waals surface area contributed by atoms with Crippen LogP contribution < -0.4 is 24.4 Å². The molecule has 5 rings (SSSR count). The predicted octanol–water partition coefficient (Wildman–Crippen LogP) is 6.46. The Labute approximate surface area is 264 Å². The molecule has 2 heterocycles. The van der Waals surface area contributed by atoms with E-state index in [1.54, 1.807) is 55.9 Å². The molecule has 0 radical (unpaired) electrons. The van der Waals surface area contributed by atoms with Gasteiger partial charge in [0.1, 0.15) is 18.1 Å². The highest BCUT2D eigenvalue weighted by Gasteiger charge is 2.33. The lowest BCUT2D eigenvalue weighted by Crippen LogP contribution is -2.39. The number of carbonyl (C=O) groups is 1. The number of ether oxygens (including phenoxy) is 3. The Morgan fingerprint density at radius 3 is 2.55 bits per heavy atom. The van der Waals surface area contributed by atoms with Crippen molar-refractivity contribution >= 4 is 62.5 Å². The fourth-order valence-corrected chi connectivity index (χ4v) is 6.58. The molecular weight excluding hydrogens is 663 g/mol. The summed E-state index contributed by atoms with van der Waals surface area (Å²) >= 11 is 17.1. The number of allylic oxidation sites excluding steroid dienone is 1. The lowest BCUT2D eigenvalue weighted by molar-refractivity contribution is -0.139. The molecule has 0 fully saturated rings. The second-order valence-electron chi connectivity index (χ2n) is 9.29. The molecule has 7 nitrogen and oxygen atoms in total. The zero-order valence-corrected chi connectivity index (χ0v) is 26.7. The van der Waals surface area contributed by atoms with Gasteiger partial charge in [-0.3, -0.25) is 9.36 Å². The third-order valence-electron chi connectivity index (χ3n) is 6.60. The van der Waals surface area contributed by atoms with Gasteiger partial charge in [0.05, 0.1) is 40.0 Å². The summed E-state index contributed by atoms with van der Waals surface area (Å²) in [6, 6.07) is 17.4. The predicted molar refractivity (Wildman–Crippen MR) is 168 cm³/mol. The van der Waals surface area contributed by atoms with Crippen LogP contribution in [0, 0.1) is 0 Å². The van der Waals surface area contributed by atoms with E-state index in [4.69, 9.17) is 37.4 Å². The number of aromatic nitrogens is 1. The molecule has 0 amide bonds. The van der Waals surface area contributed by atoms with Gasteiger partial charge in [-0.15, -0.1) is 0 Å². The molecule has 216 valence electrons. The second-order valence-corrected chi connectivity index (χ2v) is 12.0. The van der Waals surface area contributed by atoms with Gasteiger partial charge < -0.3 is 14.2 Å². The lowest BCUT2D eigenvalue weighted by Gasteiger charge is -2.24. The van der Waals surface area contributed by atoms with Crippen molar-refractivity contribution in [1.29, 1.82) is 0 Å². The van der Waals surface area contributed by atoms with Gasteiger partial charge >= 0.3 is 5.97 Å². The summed E-state index contributed by atoms with van der Waals surface area (Å²) in [7, 11) is 1.58. The number of rotatable bonds is 8. The third-order valence-corrected chi connectivity index (χ3v) is 8.79. The second kappa shape index (κ2) is 12.9. The van der Waals surface area contributed by atoms with Crippen molar-refractivity contribution in [2.24, 2.45) is 4.99 Å². The summed E-state index contributed by atoms with van der Waals surface area (Å²) in [6.45, 7) is 3.97. The lowest BCUT2D eigenvalue weighted by atomic mass is 9.96. The molecule has 42 heavy (non-hydrogen) atoms. The van der Waals surface area contributed by atoms with E-state index < -0.39 is 12.0 Å². The standard InChI is InChI=1S/C31H25BrCl2N2O5S/c1-4-40-30(38)27-17(2)35-31-36(28(27)19-7-10-22(39-3)11-8-19)29(37)26(42-31)14-18-5-12-25(23(32)13-18)41-16-20-6-9-21(33)15-24(20)34/h5-15,28H,4,16H2,1-3H3/b26-14+/t28-/m0/s1. The fourth-order valence-electron chi connectivity index (χ4n) is 4.56. The number of fused-ring (bicyclic) bond motifs is 1. The van der Waals surface area contributed by atoms with Crippen molar-refractivity contribution in [3.63, 3.8) is 0 Å². The Bertz CT molecular complexity index is 1880. The van der Waals surface area contributed by atoms with Crippen LogP contribution in [0.3, 0.4) is 0 Å². The molecular formula is C31H25BrCl2N2O5S. The minimum Gasteiger partial charge on any atom is -0.497 e. The molecule has 0 bridgehead atoms. The van der Waals surface area contributed by atoms with E-state index in [2.05, 4.69) is 20.9 Å². The summed E-state index contributed by atoms with van der Waals surface area (Å²) in [4.78, 5) is 32.0. The molecule has 1 aliphatic heterocycles. The van der Waals surface area contributed by atoms with Crippen LogP contribution in [0.1, 0.15) is 36.6 Å². The Balaban J connectivity index is 1.51. The summed E-state index contributed by atoms with van der Waals surface area (Å²) in [5.74, 6) is 0.779. The minimum atomic E-state index is -0.699. The quantitative estimate of drug-likeness (QED) is 0.199. The first-order chi connectivity index (χ1) is 20.2. The number of benzene rings is 3. The summed E-state index contributed by atoms with van der Waals surface area (Å²) in [5.41, 5.74) is 2.90. The average molecular weight is 688 g/mol. The molecule has 0 saturated carbocycles. The molecule has 1 aromatic heterocycles. The number of nitrogens with zero attached hydrogens (tertiary/aromatic N) is 2. The van der Waals surface area contributed by atoms with Gasteiger partial charge in [0.15, 0.2) is 4.80 Å². The van der Waals surface area contributed by atoms with E-state index in [-0.39, 0.29) is 18.8 Å². The summed E-state index contributed by atoms with van der Waals surface area (Å²) in [5, 5.41) is 1.09. The van der Waals surface area contributed by atoms with E-state index >= 15 is 0 Å². The molecule has 1 atom stereocenters. The first-order valence-corrected chi connectivity index (χ1v) is 15.3. The van der Waals surface area contributed by atoms with Crippen LogP contribution in [-0.2, 0) is 16.1 Å². The maximum Gasteiger partial charge on any atom is 0.338 e.